The molecule has 0 spiro atoms. The molecular formula is C21H20FN3O3. The fourth-order valence-electron chi connectivity index (χ4n) is 2.72. The number of nitrogens with one attached hydrogen (secondary N) is 1. The van der Waals surface area contributed by atoms with Crippen LogP contribution in [0.4, 0.5) is 10.2 Å². The second-order valence-corrected chi connectivity index (χ2v) is 5.90. The zero-order valence-electron chi connectivity index (χ0n) is 15.6. The van der Waals surface area contributed by atoms with Crippen LogP contribution in [-0.4, -0.2) is 29.9 Å². The maximum Gasteiger partial charge on any atom is 0.249 e. The van der Waals surface area contributed by atoms with Gasteiger partial charge in [-0.05, 0) is 29.8 Å². The van der Waals surface area contributed by atoms with Crippen molar-refractivity contribution in [3.05, 3.63) is 77.7 Å². The van der Waals surface area contributed by atoms with Crippen LogP contribution in [0.15, 0.2) is 60.8 Å². The number of ether oxygens (including phenoxy) is 2. The van der Waals surface area contributed by atoms with Gasteiger partial charge in [0.1, 0.15) is 11.6 Å². The lowest BCUT2D eigenvalue weighted by Gasteiger charge is -2.14. The Morgan fingerprint density at radius 1 is 1.14 bits per heavy atom. The van der Waals surface area contributed by atoms with Gasteiger partial charge in [-0.25, -0.2) is 9.07 Å². The summed E-state index contributed by atoms with van der Waals surface area (Å²) >= 11 is 0. The van der Waals surface area contributed by atoms with Crippen molar-refractivity contribution in [3.8, 4) is 11.5 Å². The Morgan fingerprint density at radius 2 is 1.93 bits per heavy atom. The van der Waals surface area contributed by atoms with Crippen molar-refractivity contribution in [2.45, 2.75) is 6.54 Å². The standard InChI is InChI=1S/C21H20FN3O3/c1-27-18-5-3-4-16(21(18)28-2)14-25-19(12-13-23-25)24-20(26)11-8-15-6-9-17(22)10-7-15/h3-13H,14H2,1-2H3,(H,24,26)/b11-8+. The van der Waals surface area contributed by atoms with Crippen LogP contribution in [0.25, 0.3) is 6.08 Å². The number of hydrogen-bond acceptors (Lipinski definition) is 4. The molecule has 6 nitrogen and oxygen atoms in total. The average molecular weight is 381 g/mol. The second-order valence-electron chi connectivity index (χ2n) is 5.90. The molecule has 0 aliphatic heterocycles. The topological polar surface area (TPSA) is 65.4 Å². The maximum atomic E-state index is 12.9. The van der Waals surface area contributed by atoms with Crippen LogP contribution >= 0.6 is 0 Å². The van der Waals surface area contributed by atoms with E-state index in [0.717, 1.165) is 11.1 Å². The van der Waals surface area contributed by atoms with E-state index in [4.69, 9.17) is 9.47 Å². The van der Waals surface area contributed by atoms with Crippen molar-refractivity contribution < 1.29 is 18.7 Å². The SMILES string of the molecule is COc1cccc(Cn2nccc2NC(=O)/C=C/c2ccc(F)cc2)c1OC. The van der Waals surface area contributed by atoms with E-state index in [1.54, 1.807) is 49.4 Å². The molecule has 28 heavy (non-hydrogen) atoms. The van der Waals surface area contributed by atoms with Crippen molar-refractivity contribution in [3.63, 3.8) is 0 Å². The quantitative estimate of drug-likeness (QED) is 0.633. The van der Waals surface area contributed by atoms with Gasteiger partial charge in [0.2, 0.25) is 5.91 Å². The largest absolute Gasteiger partial charge is 0.493 e. The molecule has 7 heteroatoms. The molecule has 0 aliphatic rings. The average Bonchev–Trinajstić information content (AvgIpc) is 3.13. The lowest BCUT2D eigenvalue weighted by Crippen LogP contribution is -2.14. The monoisotopic (exact) mass is 381 g/mol. The van der Waals surface area contributed by atoms with Gasteiger partial charge in [-0.2, -0.15) is 5.10 Å². The first kappa shape index (κ1) is 19.2. The lowest BCUT2D eigenvalue weighted by molar-refractivity contribution is -0.111. The summed E-state index contributed by atoms with van der Waals surface area (Å²) in [6, 6.07) is 13.2. The number of benzene rings is 2. The number of carbonyl (C=O) groups is 1. The highest BCUT2D eigenvalue weighted by molar-refractivity contribution is 6.01. The third-order valence-electron chi connectivity index (χ3n) is 4.07. The van der Waals surface area contributed by atoms with Gasteiger partial charge in [-0.15, -0.1) is 0 Å². The van der Waals surface area contributed by atoms with Gasteiger partial charge in [-0.3, -0.25) is 4.79 Å². The zero-order valence-corrected chi connectivity index (χ0v) is 15.6. The third-order valence-corrected chi connectivity index (χ3v) is 4.07. The predicted molar refractivity (Wildman–Crippen MR) is 105 cm³/mol. The van der Waals surface area contributed by atoms with Crippen molar-refractivity contribution >= 4 is 17.8 Å². The van der Waals surface area contributed by atoms with Gasteiger partial charge >= 0.3 is 0 Å². The van der Waals surface area contributed by atoms with Crippen molar-refractivity contribution in [1.82, 2.24) is 9.78 Å². The normalized spacial score (nSPS) is 10.8. The number of nitrogens with zero attached hydrogens (tertiary/aromatic N) is 2. The molecule has 0 saturated heterocycles. The first-order chi connectivity index (χ1) is 13.6. The van der Waals surface area contributed by atoms with E-state index in [1.165, 1.54) is 18.2 Å². The molecule has 1 aromatic heterocycles. The number of halogens is 1. The van der Waals surface area contributed by atoms with Crippen LogP contribution in [0, 0.1) is 5.82 Å². The molecule has 1 heterocycles. The van der Waals surface area contributed by atoms with E-state index >= 15 is 0 Å². The van der Waals surface area contributed by atoms with Crippen LogP contribution in [0.2, 0.25) is 0 Å². The molecule has 3 rings (SSSR count). The van der Waals surface area contributed by atoms with Crippen molar-refractivity contribution in [1.29, 1.82) is 0 Å². The minimum Gasteiger partial charge on any atom is -0.493 e. The fourth-order valence-corrected chi connectivity index (χ4v) is 2.72. The van der Waals surface area contributed by atoms with Crippen LogP contribution < -0.4 is 14.8 Å². The molecule has 0 bridgehead atoms. The molecule has 0 radical (unpaired) electrons. The molecule has 0 unspecified atom stereocenters. The Bertz CT molecular complexity index is 981. The highest BCUT2D eigenvalue weighted by atomic mass is 19.1. The number of methoxy groups -OCH3 is 2. The first-order valence-electron chi connectivity index (χ1n) is 8.57. The van der Waals surface area contributed by atoms with Crippen LogP contribution in [-0.2, 0) is 11.3 Å². The molecule has 2 aromatic carbocycles. The number of anilines is 1. The Morgan fingerprint density at radius 3 is 2.64 bits per heavy atom. The molecule has 0 aliphatic carbocycles. The smallest absolute Gasteiger partial charge is 0.249 e. The van der Waals surface area contributed by atoms with E-state index in [1.807, 2.05) is 18.2 Å². The van der Waals surface area contributed by atoms with Crippen LogP contribution in [0.3, 0.4) is 0 Å². The summed E-state index contributed by atoms with van der Waals surface area (Å²) in [5, 5.41) is 7.05. The van der Waals surface area contributed by atoms with E-state index in [9.17, 15) is 9.18 Å². The van der Waals surface area contributed by atoms with Gasteiger partial charge in [-0.1, -0.05) is 24.3 Å². The van der Waals surface area contributed by atoms with Crippen molar-refractivity contribution in [2.75, 3.05) is 19.5 Å². The first-order valence-corrected chi connectivity index (χ1v) is 8.57. The van der Waals surface area contributed by atoms with E-state index < -0.39 is 0 Å². The van der Waals surface area contributed by atoms with Crippen molar-refractivity contribution in [2.24, 2.45) is 0 Å². The van der Waals surface area contributed by atoms with Crippen LogP contribution in [0.1, 0.15) is 11.1 Å². The molecular weight excluding hydrogens is 361 g/mol. The van der Waals surface area contributed by atoms with Gasteiger partial charge in [0, 0.05) is 17.7 Å². The minimum atomic E-state index is -0.321. The molecule has 1 amide bonds. The number of carbonyl (C=O) groups excluding carboxylic acids is 1. The van der Waals surface area contributed by atoms with E-state index in [0.29, 0.717) is 23.9 Å². The van der Waals surface area contributed by atoms with Gasteiger partial charge in [0.05, 0.1) is 27.0 Å². The number of hydrogen-bond donors (Lipinski definition) is 1. The molecule has 0 atom stereocenters. The van der Waals surface area contributed by atoms with Gasteiger partial charge < -0.3 is 14.8 Å². The molecule has 0 saturated carbocycles. The number of aromatic nitrogens is 2. The Balaban J connectivity index is 1.72. The summed E-state index contributed by atoms with van der Waals surface area (Å²) < 4.78 is 25.3. The summed E-state index contributed by atoms with van der Waals surface area (Å²) in [5.41, 5.74) is 1.59. The zero-order chi connectivity index (χ0) is 19.9. The highest BCUT2D eigenvalue weighted by Gasteiger charge is 2.12. The van der Waals surface area contributed by atoms with E-state index in [-0.39, 0.29) is 11.7 Å². The summed E-state index contributed by atoms with van der Waals surface area (Å²) in [7, 11) is 3.15. The minimum absolute atomic E-state index is 0.316. The Kier molecular flexibility index (Phi) is 6.06. The highest BCUT2D eigenvalue weighted by Crippen LogP contribution is 2.31. The summed E-state index contributed by atoms with van der Waals surface area (Å²) in [4.78, 5) is 12.2. The summed E-state index contributed by atoms with van der Waals surface area (Å²) in [6.07, 6.45) is 4.60. The number of amides is 1. The third kappa shape index (κ3) is 4.56. The number of rotatable bonds is 7. The fraction of sp³-hybridized carbons (Fsp3) is 0.143. The molecule has 1 N–H and O–H groups in total. The van der Waals surface area contributed by atoms with Crippen LogP contribution in [0.5, 0.6) is 11.5 Å². The lowest BCUT2D eigenvalue weighted by atomic mass is 10.2. The molecule has 3 aromatic rings. The second kappa shape index (κ2) is 8.85. The van der Waals surface area contributed by atoms with Gasteiger partial charge in [0.25, 0.3) is 0 Å². The Hall–Kier alpha value is -3.61. The summed E-state index contributed by atoms with van der Waals surface area (Å²) in [6.45, 7) is 0.394. The van der Waals surface area contributed by atoms with Gasteiger partial charge in [0.15, 0.2) is 11.5 Å². The molecule has 0 fully saturated rings. The molecule has 144 valence electrons. The van der Waals surface area contributed by atoms with E-state index in [2.05, 4.69) is 10.4 Å². The predicted octanol–water partition coefficient (Wildman–Crippen LogP) is 3.74. The number of para-hydroxylation sites is 1. The Labute approximate surface area is 162 Å². The maximum absolute atomic E-state index is 12.9. The summed E-state index contributed by atoms with van der Waals surface area (Å²) in [5.74, 6) is 1.15.